The molecule has 0 spiro atoms. The number of nitrogens with zero attached hydrogens (tertiary/aromatic N) is 4. The highest BCUT2D eigenvalue weighted by atomic mass is 31.1. The lowest BCUT2D eigenvalue weighted by Gasteiger charge is -2.31. The fourth-order valence-electron chi connectivity index (χ4n) is 3.54. The molecule has 1 unspecified atom stereocenters. The monoisotopic (exact) mass is 459 g/mol. The number of ether oxygens (including phenoxy) is 2. The smallest absolute Gasteiger partial charge is 0.378 e. The number of hydrogen-bond donors (Lipinski definition) is 2. The number of rotatable bonds is 5. The SMILES string of the molecule is CCOC(O)(P=O)c1nnc2c(=O)[nH]c3cc(C(F)(F)F)c(N4CCOCC4)cc3n12. The third-order valence-electron chi connectivity index (χ3n) is 4.89. The molecule has 1 fully saturated rings. The van der Waals surface area contributed by atoms with Gasteiger partial charge in [-0.2, -0.15) is 13.2 Å². The van der Waals surface area contributed by atoms with Gasteiger partial charge < -0.3 is 24.5 Å². The molecule has 1 aliphatic heterocycles. The second-order valence-electron chi connectivity index (χ2n) is 6.75. The Morgan fingerprint density at radius 2 is 2.00 bits per heavy atom. The summed E-state index contributed by atoms with van der Waals surface area (Å²) in [6.07, 6.45) is -4.69. The van der Waals surface area contributed by atoms with Crippen LogP contribution in [-0.2, 0) is 25.7 Å². The van der Waals surface area contributed by atoms with Gasteiger partial charge >= 0.3 is 11.7 Å². The van der Waals surface area contributed by atoms with Gasteiger partial charge in [0.2, 0.25) is 19.9 Å². The lowest BCUT2D eigenvalue weighted by Crippen LogP contribution is -2.37. The average Bonchev–Trinajstić information content (AvgIpc) is 3.20. The van der Waals surface area contributed by atoms with E-state index in [2.05, 4.69) is 15.2 Å². The van der Waals surface area contributed by atoms with Crippen LogP contribution < -0.4 is 10.5 Å². The van der Waals surface area contributed by atoms with Crippen LogP contribution >= 0.6 is 8.46 Å². The van der Waals surface area contributed by atoms with Gasteiger partial charge in [0.25, 0.3) is 5.56 Å². The first-order valence-electron chi connectivity index (χ1n) is 9.26. The van der Waals surface area contributed by atoms with Crippen molar-refractivity contribution in [1.29, 1.82) is 0 Å². The Labute approximate surface area is 173 Å². The van der Waals surface area contributed by atoms with Gasteiger partial charge in [-0.3, -0.25) is 13.8 Å². The van der Waals surface area contributed by atoms with Crippen molar-refractivity contribution >= 4 is 30.8 Å². The summed E-state index contributed by atoms with van der Waals surface area (Å²) in [6, 6.07) is 2.05. The molecule has 1 aliphatic rings. The van der Waals surface area contributed by atoms with Crippen LogP contribution in [-0.4, -0.2) is 57.6 Å². The zero-order chi connectivity index (χ0) is 22.4. The lowest BCUT2D eigenvalue weighted by atomic mass is 10.1. The largest absolute Gasteiger partial charge is 0.418 e. The molecule has 1 saturated heterocycles. The van der Waals surface area contributed by atoms with E-state index in [9.17, 15) is 27.6 Å². The number of aromatic amines is 1. The van der Waals surface area contributed by atoms with Crippen molar-refractivity contribution in [2.45, 2.75) is 18.6 Å². The minimum atomic E-state index is -4.69. The second-order valence-corrected chi connectivity index (χ2v) is 7.54. The molecule has 0 bridgehead atoms. The molecule has 1 aromatic carbocycles. The van der Waals surface area contributed by atoms with E-state index in [0.717, 1.165) is 10.5 Å². The Balaban J connectivity index is 2.08. The van der Waals surface area contributed by atoms with E-state index < -0.39 is 37.1 Å². The van der Waals surface area contributed by atoms with Crippen molar-refractivity contribution in [3.63, 3.8) is 0 Å². The summed E-state index contributed by atoms with van der Waals surface area (Å²) in [7, 11) is -0.885. The molecule has 3 aromatic rings. The first-order chi connectivity index (χ1) is 14.7. The molecule has 1 atom stereocenters. The van der Waals surface area contributed by atoms with E-state index in [-0.39, 0.29) is 55.3 Å². The van der Waals surface area contributed by atoms with Crippen molar-refractivity contribution in [3.8, 4) is 0 Å². The van der Waals surface area contributed by atoms with Crippen LogP contribution in [0, 0.1) is 0 Å². The normalized spacial score (nSPS) is 17.5. The van der Waals surface area contributed by atoms with Crippen LogP contribution in [0.3, 0.4) is 0 Å². The maximum absolute atomic E-state index is 13.8. The van der Waals surface area contributed by atoms with E-state index in [4.69, 9.17) is 9.47 Å². The number of benzene rings is 1. The highest BCUT2D eigenvalue weighted by Crippen LogP contribution is 2.40. The quantitative estimate of drug-likeness (QED) is 0.438. The molecule has 3 heterocycles. The number of aliphatic hydroxyl groups is 1. The lowest BCUT2D eigenvalue weighted by molar-refractivity contribution is -0.143. The van der Waals surface area contributed by atoms with E-state index in [0.29, 0.717) is 0 Å². The highest BCUT2D eigenvalue weighted by Gasteiger charge is 2.39. The Hall–Kier alpha value is -2.60. The predicted octanol–water partition coefficient (Wildman–Crippen LogP) is 1.86. The predicted molar refractivity (Wildman–Crippen MR) is 102 cm³/mol. The molecule has 4 rings (SSSR count). The van der Waals surface area contributed by atoms with Gasteiger partial charge in [-0.1, -0.05) is 0 Å². The van der Waals surface area contributed by atoms with Gasteiger partial charge in [0, 0.05) is 19.7 Å². The molecule has 0 saturated carbocycles. The van der Waals surface area contributed by atoms with Crippen LogP contribution in [0.1, 0.15) is 18.3 Å². The average molecular weight is 459 g/mol. The van der Waals surface area contributed by atoms with Crippen molar-refractivity contribution in [2.24, 2.45) is 0 Å². The molecule has 0 amide bonds. The minimum Gasteiger partial charge on any atom is -0.378 e. The van der Waals surface area contributed by atoms with Gasteiger partial charge in [0.1, 0.15) is 0 Å². The van der Waals surface area contributed by atoms with E-state index in [1.807, 2.05) is 0 Å². The van der Waals surface area contributed by atoms with E-state index >= 15 is 0 Å². The number of morpholine rings is 1. The Bertz CT molecular complexity index is 1210. The zero-order valence-electron chi connectivity index (χ0n) is 16.1. The number of alkyl halides is 3. The standard InChI is InChI=1S/C17H17F3N5O5P/c1-2-30-17(27,31-28)15-23-22-13-14(26)21-10-7-9(16(18,19)20)11(8-12(10)25(13)15)24-3-5-29-6-4-24/h7-8,27H,2-6H2,1H3,(H,21,26). The molecule has 0 aliphatic carbocycles. The summed E-state index contributed by atoms with van der Waals surface area (Å²) >= 11 is 0. The number of hydrogen-bond acceptors (Lipinski definition) is 8. The summed E-state index contributed by atoms with van der Waals surface area (Å²) in [4.78, 5) is 16.3. The number of halogens is 3. The molecule has 166 valence electrons. The number of aromatic nitrogens is 4. The molecular weight excluding hydrogens is 442 g/mol. The van der Waals surface area contributed by atoms with Crippen LogP contribution in [0.2, 0.25) is 0 Å². The Morgan fingerprint density at radius 3 is 2.61 bits per heavy atom. The van der Waals surface area contributed by atoms with E-state index in [1.54, 1.807) is 0 Å². The zero-order valence-corrected chi connectivity index (χ0v) is 17.0. The number of H-pyrrole nitrogens is 1. The summed E-state index contributed by atoms with van der Waals surface area (Å²) in [5, 5.41) is 18.1. The fourth-order valence-corrected chi connectivity index (χ4v) is 3.95. The summed E-state index contributed by atoms with van der Waals surface area (Å²) in [6.45, 7) is 2.46. The molecule has 2 N–H and O–H groups in total. The second kappa shape index (κ2) is 7.83. The van der Waals surface area contributed by atoms with Gasteiger partial charge in [-0.15, -0.1) is 10.2 Å². The van der Waals surface area contributed by atoms with E-state index in [1.165, 1.54) is 17.9 Å². The van der Waals surface area contributed by atoms with Gasteiger partial charge in [-0.25, -0.2) is 0 Å². The maximum Gasteiger partial charge on any atom is 0.418 e. The van der Waals surface area contributed by atoms with Crippen molar-refractivity contribution in [3.05, 3.63) is 33.9 Å². The number of fused-ring (bicyclic) bond motifs is 3. The molecule has 10 nitrogen and oxygen atoms in total. The molecular formula is C17H17F3N5O5P. The van der Waals surface area contributed by atoms with Crippen LogP contribution in [0.15, 0.2) is 16.9 Å². The topological polar surface area (TPSA) is 122 Å². The highest BCUT2D eigenvalue weighted by molar-refractivity contribution is 7.24. The number of nitrogens with one attached hydrogen (secondary N) is 1. The van der Waals surface area contributed by atoms with Crippen molar-refractivity contribution in [1.82, 2.24) is 19.6 Å². The Morgan fingerprint density at radius 1 is 1.29 bits per heavy atom. The van der Waals surface area contributed by atoms with Gasteiger partial charge in [0.15, 0.2) is 0 Å². The van der Waals surface area contributed by atoms with Crippen LogP contribution in [0.5, 0.6) is 0 Å². The van der Waals surface area contributed by atoms with Crippen molar-refractivity contribution < 1.29 is 32.3 Å². The third-order valence-corrected chi connectivity index (χ3v) is 5.46. The summed E-state index contributed by atoms with van der Waals surface area (Å²) < 4.78 is 64.6. The fraction of sp³-hybridized carbons (Fsp3) is 0.471. The van der Waals surface area contributed by atoms with Gasteiger partial charge in [-0.05, 0) is 19.1 Å². The molecule has 0 radical (unpaired) electrons. The molecule has 2 aromatic heterocycles. The van der Waals surface area contributed by atoms with Crippen LogP contribution in [0.4, 0.5) is 18.9 Å². The van der Waals surface area contributed by atoms with Crippen LogP contribution in [0.25, 0.3) is 16.7 Å². The first-order valence-corrected chi connectivity index (χ1v) is 10.1. The third kappa shape index (κ3) is 3.67. The summed E-state index contributed by atoms with van der Waals surface area (Å²) in [5.74, 6) is -0.398. The summed E-state index contributed by atoms with van der Waals surface area (Å²) in [5.41, 5.74) is -4.73. The maximum atomic E-state index is 13.8. The van der Waals surface area contributed by atoms with Gasteiger partial charge in [0.05, 0.1) is 35.5 Å². The minimum absolute atomic E-state index is 0.0565. The Kier molecular flexibility index (Phi) is 5.46. The van der Waals surface area contributed by atoms with Crippen molar-refractivity contribution in [2.75, 3.05) is 37.8 Å². The molecule has 14 heteroatoms. The number of anilines is 1. The first kappa shape index (κ1) is 21.6. The molecule has 31 heavy (non-hydrogen) atoms.